The SMILES string of the molecule is COc1ccc(-c2noc(CN3CCN(C(=O)c4cc(C(C)C)nc5ccccc45)CC3)n2)cc1. The first-order valence-electron chi connectivity index (χ1n) is 11.9. The predicted octanol–water partition coefficient (Wildman–Crippen LogP) is 4.37. The standard InChI is InChI=1S/C27H29N5O3/c1-18(2)24-16-22(21-6-4-5-7-23(21)28-24)27(33)32-14-12-31(13-15-32)17-25-29-26(30-35-25)19-8-10-20(34-3)11-9-19/h4-11,16,18H,12-15,17H2,1-3H3. The Kier molecular flexibility index (Phi) is 6.46. The van der Waals surface area contributed by atoms with E-state index in [2.05, 4.69) is 28.9 Å². The summed E-state index contributed by atoms with van der Waals surface area (Å²) in [6.07, 6.45) is 0. The van der Waals surface area contributed by atoms with Crippen LogP contribution in [0.15, 0.2) is 59.1 Å². The van der Waals surface area contributed by atoms with Gasteiger partial charge in [-0.05, 0) is 42.3 Å². The molecule has 1 aliphatic rings. The van der Waals surface area contributed by atoms with E-state index < -0.39 is 0 Å². The topological polar surface area (TPSA) is 84.6 Å². The van der Waals surface area contributed by atoms with Gasteiger partial charge in [-0.1, -0.05) is 37.2 Å². The van der Waals surface area contributed by atoms with Crippen molar-refractivity contribution < 1.29 is 14.1 Å². The summed E-state index contributed by atoms with van der Waals surface area (Å²) < 4.78 is 10.7. The maximum atomic E-state index is 13.5. The molecule has 0 atom stereocenters. The van der Waals surface area contributed by atoms with E-state index in [9.17, 15) is 4.79 Å². The molecule has 0 unspecified atom stereocenters. The molecule has 8 heteroatoms. The zero-order chi connectivity index (χ0) is 24.4. The second kappa shape index (κ2) is 9.84. The average molecular weight is 472 g/mol. The molecule has 1 aliphatic heterocycles. The number of pyridine rings is 1. The lowest BCUT2D eigenvalue weighted by molar-refractivity contribution is 0.0617. The van der Waals surface area contributed by atoms with Crippen LogP contribution in [0.4, 0.5) is 0 Å². The number of rotatable bonds is 6. The van der Waals surface area contributed by atoms with Crippen molar-refractivity contribution in [2.45, 2.75) is 26.3 Å². The van der Waals surface area contributed by atoms with Gasteiger partial charge < -0.3 is 14.2 Å². The Morgan fingerprint density at radius 2 is 1.77 bits per heavy atom. The molecule has 8 nitrogen and oxygen atoms in total. The number of carbonyl (C=O) groups is 1. The molecular formula is C27H29N5O3. The zero-order valence-corrected chi connectivity index (χ0v) is 20.3. The first-order valence-corrected chi connectivity index (χ1v) is 11.9. The Bertz CT molecular complexity index is 1320. The molecule has 0 N–H and O–H groups in total. The Labute approximate surface area is 204 Å². The highest BCUT2D eigenvalue weighted by Crippen LogP contribution is 2.25. The van der Waals surface area contributed by atoms with Crippen LogP contribution in [0.2, 0.25) is 0 Å². The molecule has 3 heterocycles. The van der Waals surface area contributed by atoms with Crippen molar-refractivity contribution >= 4 is 16.8 Å². The van der Waals surface area contributed by atoms with Gasteiger partial charge in [0.1, 0.15) is 5.75 Å². The quantitative estimate of drug-likeness (QED) is 0.413. The number of amides is 1. The fourth-order valence-electron chi connectivity index (χ4n) is 4.32. The summed E-state index contributed by atoms with van der Waals surface area (Å²) in [5.74, 6) is 2.22. The van der Waals surface area contributed by atoms with Gasteiger partial charge in [-0.3, -0.25) is 14.7 Å². The van der Waals surface area contributed by atoms with Crippen molar-refractivity contribution in [3.05, 3.63) is 71.7 Å². The summed E-state index contributed by atoms with van der Waals surface area (Å²) in [6.45, 7) is 7.53. The van der Waals surface area contributed by atoms with Crippen LogP contribution in [0, 0.1) is 0 Å². The van der Waals surface area contributed by atoms with Gasteiger partial charge in [0.2, 0.25) is 11.7 Å². The van der Waals surface area contributed by atoms with E-state index in [1.54, 1.807) is 7.11 Å². The van der Waals surface area contributed by atoms with Crippen LogP contribution in [0.5, 0.6) is 5.75 Å². The van der Waals surface area contributed by atoms with Crippen molar-refractivity contribution in [2.24, 2.45) is 0 Å². The number of ether oxygens (including phenoxy) is 1. The van der Waals surface area contributed by atoms with Crippen LogP contribution < -0.4 is 4.74 Å². The highest BCUT2D eigenvalue weighted by Gasteiger charge is 2.25. The van der Waals surface area contributed by atoms with Gasteiger partial charge >= 0.3 is 0 Å². The van der Waals surface area contributed by atoms with Gasteiger partial charge in [-0.2, -0.15) is 4.98 Å². The monoisotopic (exact) mass is 471 g/mol. The van der Waals surface area contributed by atoms with Crippen LogP contribution in [-0.4, -0.2) is 64.1 Å². The Morgan fingerprint density at radius 1 is 1.03 bits per heavy atom. The second-order valence-corrected chi connectivity index (χ2v) is 9.08. The fourth-order valence-corrected chi connectivity index (χ4v) is 4.32. The maximum absolute atomic E-state index is 13.5. The van der Waals surface area contributed by atoms with Crippen LogP contribution in [0.3, 0.4) is 0 Å². The Hall–Kier alpha value is -3.78. The van der Waals surface area contributed by atoms with Crippen LogP contribution in [-0.2, 0) is 6.54 Å². The molecule has 0 saturated carbocycles. The van der Waals surface area contributed by atoms with E-state index in [0.29, 0.717) is 31.3 Å². The third kappa shape index (κ3) is 4.88. The number of hydrogen-bond acceptors (Lipinski definition) is 7. The van der Waals surface area contributed by atoms with E-state index in [4.69, 9.17) is 14.2 Å². The molecule has 35 heavy (non-hydrogen) atoms. The van der Waals surface area contributed by atoms with Gasteiger partial charge in [0.25, 0.3) is 5.91 Å². The Balaban J connectivity index is 1.24. The van der Waals surface area contributed by atoms with E-state index >= 15 is 0 Å². The van der Waals surface area contributed by atoms with E-state index in [1.807, 2.05) is 59.5 Å². The van der Waals surface area contributed by atoms with Gasteiger partial charge in [0, 0.05) is 42.8 Å². The lowest BCUT2D eigenvalue weighted by Crippen LogP contribution is -2.48. The number of fused-ring (bicyclic) bond motifs is 1. The third-order valence-electron chi connectivity index (χ3n) is 6.39. The second-order valence-electron chi connectivity index (χ2n) is 9.08. The zero-order valence-electron chi connectivity index (χ0n) is 20.3. The minimum absolute atomic E-state index is 0.0599. The van der Waals surface area contributed by atoms with Crippen LogP contribution in [0.1, 0.15) is 41.7 Å². The Morgan fingerprint density at radius 3 is 2.49 bits per heavy atom. The minimum atomic E-state index is 0.0599. The first-order chi connectivity index (χ1) is 17.0. The summed E-state index contributed by atoms with van der Waals surface area (Å²) in [6, 6.07) is 17.4. The van der Waals surface area contributed by atoms with E-state index in [0.717, 1.165) is 46.6 Å². The molecule has 2 aromatic heterocycles. The fraction of sp³-hybridized carbons (Fsp3) is 0.333. The van der Waals surface area contributed by atoms with Gasteiger partial charge in [-0.15, -0.1) is 0 Å². The molecule has 1 fully saturated rings. The summed E-state index contributed by atoms with van der Waals surface area (Å²) in [4.78, 5) is 26.9. The van der Waals surface area contributed by atoms with Crippen molar-refractivity contribution in [2.75, 3.05) is 33.3 Å². The summed E-state index contributed by atoms with van der Waals surface area (Å²) >= 11 is 0. The number of aromatic nitrogens is 3. The lowest BCUT2D eigenvalue weighted by atomic mass is 10.0. The lowest BCUT2D eigenvalue weighted by Gasteiger charge is -2.34. The molecule has 0 spiro atoms. The first kappa shape index (κ1) is 23.0. The number of para-hydroxylation sites is 1. The maximum Gasteiger partial charge on any atom is 0.254 e. The molecule has 2 aromatic carbocycles. The normalized spacial score (nSPS) is 14.6. The molecule has 0 radical (unpaired) electrons. The van der Waals surface area contributed by atoms with Crippen molar-refractivity contribution in [3.8, 4) is 17.1 Å². The highest BCUT2D eigenvalue weighted by atomic mass is 16.5. The highest BCUT2D eigenvalue weighted by molar-refractivity contribution is 6.06. The summed E-state index contributed by atoms with van der Waals surface area (Å²) in [7, 11) is 1.64. The van der Waals surface area contributed by atoms with Crippen molar-refractivity contribution in [1.29, 1.82) is 0 Å². The number of benzene rings is 2. The van der Waals surface area contributed by atoms with Crippen molar-refractivity contribution in [3.63, 3.8) is 0 Å². The van der Waals surface area contributed by atoms with Crippen molar-refractivity contribution in [1.82, 2.24) is 24.9 Å². The predicted molar refractivity (Wildman–Crippen MR) is 133 cm³/mol. The summed E-state index contributed by atoms with van der Waals surface area (Å²) in [5.41, 5.74) is 3.41. The number of hydrogen-bond donors (Lipinski definition) is 0. The van der Waals surface area contributed by atoms with Gasteiger partial charge in [0.05, 0.1) is 24.7 Å². The average Bonchev–Trinajstić information content (AvgIpc) is 3.36. The molecule has 4 aromatic rings. The van der Waals surface area contributed by atoms with Crippen LogP contribution >= 0.6 is 0 Å². The molecule has 1 amide bonds. The molecule has 180 valence electrons. The smallest absolute Gasteiger partial charge is 0.254 e. The molecular weight excluding hydrogens is 442 g/mol. The van der Waals surface area contributed by atoms with E-state index in [1.165, 1.54) is 0 Å². The van der Waals surface area contributed by atoms with E-state index in [-0.39, 0.29) is 11.8 Å². The summed E-state index contributed by atoms with van der Waals surface area (Å²) in [5, 5.41) is 5.02. The van der Waals surface area contributed by atoms with Gasteiger partial charge in [-0.25, -0.2) is 0 Å². The van der Waals surface area contributed by atoms with Crippen LogP contribution in [0.25, 0.3) is 22.3 Å². The largest absolute Gasteiger partial charge is 0.497 e. The minimum Gasteiger partial charge on any atom is -0.497 e. The molecule has 5 rings (SSSR count). The number of piperazine rings is 1. The third-order valence-corrected chi connectivity index (χ3v) is 6.39. The number of methoxy groups -OCH3 is 1. The van der Waals surface area contributed by atoms with Gasteiger partial charge in [0.15, 0.2) is 0 Å². The molecule has 0 bridgehead atoms. The molecule has 1 saturated heterocycles. The number of nitrogens with zero attached hydrogens (tertiary/aromatic N) is 5. The number of carbonyl (C=O) groups excluding carboxylic acids is 1. The molecule has 0 aliphatic carbocycles.